The molecule has 0 aliphatic carbocycles. The number of rotatable bonds is 6. The number of benzene rings is 1. The summed E-state index contributed by atoms with van der Waals surface area (Å²) in [5, 5.41) is 0.518. The summed E-state index contributed by atoms with van der Waals surface area (Å²) < 4.78 is 12.2. The molecule has 2 aliphatic heterocycles. The fourth-order valence-electron chi connectivity index (χ4n) is 4.45. The molecule has 0 bridgehead atoms. The van der Waals surface area contributed by atoms with Gasteiger partial charge in [-0.15, -0.1) is 0 Å². The van der Waals surface area contributed by atoms with Gasteiger partial charge in [0.15, 0.2) is 5.16 Å². The molecule has 3 heterocycles. The number of fused-ring (bicyclic) bond motifs is 1. The summed E-state index contributed by atoms with van der Waals surface area (Å²) in [5.74, 6) is -0.413. The normalized spacial score (nSPS) is 19.9. The molecule has 9 heteroatoms. The molecule has 1 aromatic heterocycles. The minimum absolute atomic E-state index is 0.0488. The number of thioether (sulfide) groups is 1. The van der Waals surface area contributed by atoms with Gasteiger partial charge in [0.05, 0.1) is 41.5 Å². The molecule has 2 atom stereocenters. The Morgan fingerprint density at radius 3 is 2.64 bits per heavy atom. The van der Waals surface area contributed by atoms with E-state index in [1.165, 1.54) is 18.9 Å². The number of aromatic nitrogens is 2. The fourth-order valence-corrected chi connectivity index (χ4v) is 5.45. The van der Waals surface area contributed by atoms with Crippen molar-refractivity contribution in [3.05, 3.63) is 34.1 Å². The van der Waals surface area contributed by atoms with Crippen LogP contribution in [0.15, 0.2) is 28.2 Å². The Labute approximate surface area is 197 Å². The topological polar surface area (TPSA) is 90.7 Å². The summed E-state index contributed by atoms with van der Waals surface area (Å²) in [6.07, 6.45) is 6.16. The molecule has 1 aromatic carbocycles. The Bertz CT molecular complexity index is 1070. The minimum Gasteiger partial charge on any atom is -0.465 e. The number of methoxy groups -OCH3 is 1. The van der Waals surface area contributed by atoms with E-state index in [2.05, 4.69) is 0 Å². The van der Waals surface area contributed by atoms with Crippen LogP contribution in [0.3, 0.4) is 0 Å². The number of hydrogen-bond acceptors (Lipinski definition) is 7. The number of carbonyl (C=O) groups is 2. The van der Waals surface area contributed by atoms with E-state index < -0.39 is 5.97 Å². The van der Waals surface area contributed by atoms with Crippen molar-refractivity contribution in [2.24, 2.45) is 0 Å². The molecule has 0 spiro atoms. The molecular weight excluding hydrogens is 442 g/mol. The highest BCUT2D eigenvalue weighted by Crippen LogP contribution is 2.26. The average molecular weight is 474 g/mol. The van der Waals surface area contributed by atoms with Gasteiger partial charge in [0, 0.05) is 19.7 Å². The quantitative estimate of drug-likeness (QED) is 0.361. The molecule has 2 saturated heterocycles. The van der Waals surface area contributed by atoms with Gasteiger partial charge in [-0.25, -0.2) is 9.78 Å². The summed E-state index contributed by atoms with van der Waals surface area (Å²) >= 11 is 1.30. The molecule has 0 N–H and O–H groups in total. The second-order valence-electron chi connectivity index (χ2n) is 8.67. The zero-order chi connectivity index (χ0) is 23.4. The Hall–Kier alpha value is -2.39. The van der Waals surface area contributed by atoms with E-state index in [-0.39, 0.29) is 22.8 Å². The molecule has 2 fully saturated rings. The fraction of sp³-hybridized carbons (Fsp3) is 0.583. The SMILES string of the molecule is COC(=O)c1ccc2c(=O)n(C[C@@H]3CCCO3)c(S[C@H](C)C(=O)N3CCCCCC3)nc2c1. The first kappa shape index (κ1) is 23.8. The number of carbonyl (C=O) groups excluding carboxylic acids is 2. The van der Waals surface area contributed by atoms with Crippen LogP contribution in [0.1, 0.15) is 55.8 Å². The highest BCUT2D eigenvalue weighted by molar-refractivity contribution is 8.00. The van der Waals surface area contributed by atoms with Crippen molar-refractivity contribution in [3.8, 4) is 0 Å². The van der Waals surface area contributed by atoms with Crippen molar-refractivity contribution in [2.45, 2.75) is 68.5 Å². The van der Waals surface area contributed by atoms with Gasteiger partial charge in [0.1, 0.15) is 0 Å². The lowest BCUT2D eigenvalue weighted by atomic mass is 10.1. The largest absolute Gasteiger partial charge is 0.465 e. The monoisotopic (exact) mass is 473 g/mol. The van der Waals surface area contributed by atoms with Crippen LogP contribution in [0.2, 0.25) is 0 Å². The van der Waals surface area contributed by atoms with Crippen LogP contribution in [-0.2, 0) is 20.8 Å². The van der Waals surface area contributed by atoms with E-state index in [9.17, 15) is 14.4 Å². The zero-order valence-corrected chi connectivity index (χ0v) is 20.1. The minimum atomic E-state index is -0.485. The Kier molecular flexibility index (Phi) is 7.70. The number of hydrogen-bond donors (Lipinski definition) is 0. The van der Waals surface area contributed by atoms with Crippen molar-refractivity contribution < 1.29 is 19.1 Å². The van der Waals surface area contributed by atoms with Crippen molar-refractivity contribution >= 4 is 34.5 Å². The molecule has 4 rings (SSSR count). The van der Waals surface area contributed by atoms with Gasteiger partial charge in [-0.3, -0.25) is 14.2 Å². The maximum atomic E-state index is 13.4. The molecular formula is C24H31N3O5S. The van der Waals surface area contributed by atoms with Crippen molar-refractivity contribution in [3.63, 3.8) is 0 Å². The van der Waals surface area contributed by atoms with Crippen LogP contribution >= 0.6 is 11.8 Å². The van der Waals surface area contributed by atoms with Crippen LogP contribution in [0, 0.1) is 0 Å². The van der Waals surface area contributed by atoms with E-state index in [0.717, 1.165) is 51.6 Å². The average Bonchev–Trinajstić information content (AvgIpc) is 3.19. The van der Waals surface area contributed by atoms with Crippen LogP contribution in [0.25, 0.3) is 10.9 Å². The zero-order valence-electron chi connectivity index (χ0n) is 19.2. The summed E-state index contributed by atoms with van der Waals surface area (Å²) in [6.45, 7) is 4.51. The molecule has 0 saturated carbocycles. The van der Waals surface area contributed by atoms with E-state index in [4.69, 9.17) is 14.5 Å². The molecule has 1 amide bonds. The second-order valence-corrected chi connectivity index (χ2v) is 9.98. The smallest absolute Gasteiger partial charge is 0.337 e. The number of esters is 1. The highest BCUT2D eigenvalue weighted by atomic mass is 32.2. The first-order valence-electron chi connectivity index (χ1n) is 11.7. The summed E-state index contributed by atoms with van der Waals surface area (Å²) in [4.78, 5) is 45.2. The summed E-state index contributed by atoms with van der Waals surface area (Å²) in [5.41, 5.74) is 0.561. The second kappa shape index (κ2) is 10.7. The van der Waals surface area contributed by atoms with Gasteiger partial charge in [0.2, 0.25) is 5.91 Å². The van der Waals surface area contributed by atoms with Crippen LogP contribution < -0.4 is 5.56 Å². The molecule has 2 aliphatic rings. The lowest BCUT2D eigenvalue weighted by Gasteiger charge is -2.24. The molecule has 178 valence electrons. The Morgan fingerprint density at radius 1 is 1.21 bits per heavy atom. The molecule has 0 radical (unpaired) electrons. The van der Waals surface area contributed by atoms with Crippen molar-refractivity contribution in [1.29, 1.82) is 0 Å². The number of ether oxygens (including phenoxy) is 2. The van der Waals surface area contributed by atoms with Gasteiger partial charge >= 0.3 is 5.97 Å². The molecule has 33 heavy (non-hydrogen) atoms. The highest BCUT2D eigenvalue weighted by Gasteiger charge is 2.26. The van der Waals surface area contributed by atoms with Crippen molar-refractivity contribution in [1.82, 2.24) is 14.5 Å². The third-order valence-electron chi connectivity index (χ3n) is 6.30. The number of likely N-dealkylation sites (tertiary alicyclic amines) is 1. The predicted octanol–water partition coefficient (Wildman–Crippen LogP) is 3.25. The number of nitrogens with zero attached hydrogens (tertiary/aromatic N) is 3. The Morgan fingerprint density at radius 2 is 1.97 bits per heavy atom. The van der Waals surface area contributed by atoms with E-state index in [1.54, 1.807) is 22.8 Å². The van der Waals surface area contributed by atoms with Gasteiger partial charge in [-0.2, -0.15) is 0 Å². The first-order chi connectivity index (χ1) is 16.0. The number of amides is 1. The van der Waals surface area contributed by atoms with E-state index in [1.807, 2.05) is 11.8 Å². The van der Waals surface area contributed by atoms with Crippen LogP contribution in [0.4, 0.5) is 0 Å². The Balaban J connectivity index is 1.68. The van der Waals surface area contributed by atoms with Crippen LogP contribution in [-0.4, -0.2) is 64.5 Å². The maximum Gasteiger partial charge on any atom is 0.337 e. The van der Waals surface area contributed by atoms with Gasteiger partial charge in [-0.1, -0.05) is 24.6 Å². The lowest BCUT2D eigenvalue weighted by molar-refractivity contribution is -0.130. The van der Waals surface area contributed by atoms with Crippen LogP contribution in [0.5, 0.6) is 0 Å². The summed E-state index contributed by atoms with van der Waals surface area (Å²) in [7, 11) is 1.32. The molecule has 2 aromatic rings. The third-order valence-corrected chi connectivity index (χ3v) is 7.38. The standard InChI is InChI=1S/C24H31N3O5S/c1-16(21(28)26-11-5-3-4-6-12-26)33-24-25-20-14-17(23(30)31-2)9-10-19(20)22(29)27(24)15-18-8-7-13-32-18/h9-10,14,16,18H,3-8,11-13,15H2,1-2H3/t16-,18+/m1/s1. The third kappa shape index (κ3) is 5.41. The van der Waals surface area contributed by atoms with Gasteiger partial charge < -0.3 is 14.4 Å². The maximum absolute atomic E-state index is 13.4. The predicted molar refractivity (Wildman–Crippen MR) is 127 cm³/mol. The van der Waals surface area contributed by atoms with E-state index in [0.29, 0.717) is 34.8 Å². The molecule has 8 nitrogen and oxygen atoms in total. The lowest BCUT2D eigenvalue weighted by Crippen LogP contribution is -2.38. The van der Waals surface area contributed by atoms with Gasteiger partial charge in [-0.05, 0) is 50.8 Å². The van der Waals surface area contributed by atoms with Crippen molar-refractivity contribution in [2.75, 3.05) is 26.8 Å². The van der Waals surface area contributed by atoms with Gasteiger partial charge in [0.25, 0.3) is 5.56 Å². The molecule has 0 unspecified atom stereocenters. The first-order valence-corrected chi connectivity index (χ1v) is 12.6. The van der Waals surface area contributed by atoms with E-state index >= 15 is 0 Å². The summed E-state index contributed by atoms with van der Waals surface area (Å²) in [6, 6.07) is 4.76.